The maximum atomic E-state index is 5.71. The van der Waals surface area contributed by atoms with Crippen LogP contribution in [0.5, 0.6) is 0 Å². The minimum Gasteiger partial charge on any atom is -0.370 e. The van der Waals surface area contributed by atoms with E-state index >= 15 is 0 Å². The van der Waals surface area contributed by atoms with E-state index in [0.717, 1.165) is 23.9 Å². The molecular weight excluding hydrogens is 196 g/mol. The van der Waals surface area contributed by atoms with Crippen LogP contribution in [0.25, 0.3) is 0 Å². The first-order valence-corrected chi connectivity index (χ1v) is 7.22. The highest BCUT2D eigenvalue weighted by atomic mass is 16.6. The van der Waals surface area contributed by atoms with Crippen LogP contribution in [0.2, 0.25) is 0 Å². The lowest BCUT2D eigenvalue weighted by Crippen LogP contribution is -2.42. The molecule has 3 saturated carbocycles. The van der Waals surface area contributed by atoms with Crippen LogP contribution in [0.1, 0.15) is 58.8 Å². The molecule has 1 aliphatic heterocycles. The molecule has 1 nitrogen and oxygen atoms in total. The second kappa shape index (κ2) is 2.68. The van der Waals surface area contributed by atoms with Gasteiger partial charge in [0.05, 0.1) is 12.2 Å². The standard InChI is InChI=1S/C15H24O/c1-13-6-3-4-12-9-15(12,13)8-11(5-7-13)14(2)10-16-14/h11-12H,3-10H2,1-2H3/t11-,12+,13+,14+,15-/m0/s1. The molecule has 4 rings (SSSR count). The Morgan fingerprint density at radius 2 is 1.75 bits per heavy atom. The molecule has 0 aromatic heterocycles. The molecule has 0 aromatic carbocycles. The zero-order valence-electron chi connectivity index (χ0n) is 10.7. The van der Waals surface area contributed by atoms with Crippen LogP contribution >= 0.6 is 0 Å². The Kier molecular flexibility index (Phi) is 1.67. The third-order valence-electron chi connectivity index (χ3n) is 6.83. The molecule has 0 bridgehead atoms. The summed E-state index contributed by atoms with van der Waals surface area (Å²) < 4.78 is 5.71. The molecule has 4 aliphatic rings. The molecule has 1 heterocycles. The van der Waals surface area contributed by atoms with Crippen LogP contribution in [0.15, 0.2) is 0 Å². The smallest absolute Gasteiger partial charge is 0.0916 e. The van der Waals surface area contributed by atoms with Crippen LogP contribution in [0.4, 0.5) is 0 Å². The van der Waals surface area contributed by atoms with Crippen LogP contribution in [0, 0.1) is 22.7 Å². The van der Waals surface area contributed by atoms with Crippen molar-refractivity contribution in [3.8, 4) is 0 Å². The van der Waals surface area contributed by atoms with E-state index in [-0.39, 0.29) is 0 Å². The Morgan fingerprint density at radius 1 is 1.00 bits per heavy atom. The number of ether oxygens (including phenoxy) is 1. The molecule has 0 radical (unpaired) electrons. The number of epoxide rings is 1. The Balaban J connectivity index is 1.62. The summed E-state index contributed by atoms with van der Waals surface area (Å²) in [5, 5.41) is 0. The molecule has 1 spiro atoms. The zero-order valence-corrected chi connectivity index (χ0v) is 10.7. The quantitative estimate of drug-likeness (QED) is 0.613. The van der Waals surface area contributed by atoms with Crippen molar-refractivity contribution >= 4 is 0 Å². The van der Waals surface area contributed by atoms with Gasteiger partial charge in [0.15, 0.2) is 0 Å². The number of rotatable bonds is 1. The summed E-state index contributed by atoms with van der Waals surface area (Å²) in [6.45, 7) is 5.98. The van der Waals surface area contributed by atoms with Gasteiger partial charge < -0.3 is 4.74 Å². The zero-order chi connectivity index (χ0) is 11.0. The molecule has 4 fully saturated rings. The van der Waals surface area contributed by atoms with Crippen molar-refractivity contribution in [2.75, 3.05) is 6.61 Å². The molecule has 0 unspecified atom stereocenters. The summed E-state index contributed by atoms with van der Waals surface area (Å²) in [4.78, 5) is 0. The first-order valence-electron chi connectivity index (χ1n) is 7.22. The van der Waals surface area contributed by atoms with E-state index in [0.29, 0.717) is 11.0 Å². The van der Waals surface area contributed by atoms with E-state index in [2.05, 4.69) is 13.8 Å². The Morgan fingerprint density at radius 3 is 2.50 bits per heavy atom. The predicted molar refractivity (Wildman–Crippen MR) is 64.2 cm³/mol. The summed E-state index contributed by atoms with van der Waals surface area (Å²) in [6, 6.07) is 0. The lowest BCUT2D eigenvalue weighted by Gasteiger charge is -2.49. The molecule has 5 atom stereocenters. The summed E-state index contributed by atoms with van der Waals surface area (Å²) in [5.74, 6) is 1.97. The summed E-state index contributed by atoms with van der Waals surface area (Å²) >= 11 is 0. The van der Waals surface area contributed by atoms with Gasteiger partial charge in [-0.25, -0.2) is 0 Å². The fourth-order valence-corrected chi connectivity index (χ4v) is 5.26. The van der Waals surface area contributed by atoms with Crippen LogP contribution < -0.4 is 0 Å². The van der Waals surface area contributed by atoms with Crippen LogP contribution in [0.3, 0.4) is 0 Å². The summed E-state index contributed by atoms with van der Waals surface area (Å²) in [6.07, 6.45) is 10.5. The molecule has 0 amide bonds. The third kappa shape index (κ3) is 1.06. The summed E-state index contributed by atoms with van der Waals surface area (Å²) in [7, 11) is 0. The monoisotopic (exact) mass is 220 g/mol. The molecule has 1 saturated heterocycles. The van der Waals surface area contributed by atoms with Crippen LogP contribution in [-0.4, -0.2) is 12.2 Å². The Hall–Kier alpha value is -0.0400. The van der Waals surface area contributed by atoms with E-state index in [4.69, 9.17) is 4.74 Å². The molecular formula is C15H24O. The van der Waals surface area contributed by atoms with Gasteiger partial charge in [-0.3, -0.25) is 0 Å². The van der Waals surface area contributed by atoms with Gasteiger partial charge >= 0.3 is 0 Å². The van der Waals surface area contributed by atoms with Gasteiger partial charge in [-0.2, -0.15) is 0 Å². The number of hydrogen-bond acceptors (Lipinski definition) is 1. The fraction of sp³-hybridized carbons (Fsp3) is 1.00. The van der Waals surface area contributed by atoms with E-state index in [1.54, 1.807) is 6.42 Å². The average molecular weight is 220 g/mol. The second-order valence-corrected chi connectivity index (χ2v) is 7.55. The largest absolute Gasteiger partial charge is 0.370 e. The highest BCUT2D eigenvalue weighted by Crippen LogP contribution is 2.76. The molecule has 16 heavy (non-hydrogen) atoms. The highest BCUT2D eigenvalue weighted by Gasteiger charge is 2.69. The van der Waals surface area contributed by atoms with E-state index in [1.165, 1.54) is 38.5 Å². The molecule has 0 aromatic rings. The van der Waals surface area contributed by atoms with Crippen molar-refractivity contribution in [3.63, 3.8) is 0 Å². The van der Waals surface area contributed by atoms with Crippen molar-refractivity contribution in [3.05, 3.63) is 0 Å². The van der Waals surface area contributed by atoms with Crippen LogP contribution in [-0.2, 0) is 4.74 Å². The highest BCUT2D eigenvalue weighted by molar-refractivity contribution is 5.18. The summed E-state index contributed by atoms with van der Waals surface area (Å²) in [5.41, 5.74) is 1.77. The predicted octanol–water partition coefficient (Wildman–Crippen LogP) is 3.77. The normalized spacial score (nSPS) is 63.4. The van der Waals surface area contributed by atoms with E-state index in [9.17, 15) is 0 Å². The van der Waals surface area contributed by atoms with Gasteiger partial charge in [0.2, 0.25) is 0 Å². The fourth-order valence-electron chi connectivity index (χ4n) is 5.26. The van der Waals surface area contributed by atoms with Gasteiger partial charge in [0.25, 0.3) is 0 Å². The third-order valence-corrected chi connectivity index (χ3v) is 6.83. The van der Waals surface area contributed by atoms with Crippen molar-refractivity contribution < 1.29 is 4.74 Å². The number of hydrogen-bond donors (Lipinski definition) is 0. The second-order valence-electron chi connectivity index (χ2n) is 7.55. The SMILES string of the molecule is C[C@]12CCC[C@@H]3C[C@@]31C[C@@H]([C@@]1(C)CO1)CC2. The van der Waals surface area contributed by atoms with Crippen molar-refractivity contribution in [1.82, 2.24) is 0 Å². The molecule has 3 aliphatic carbocycles. The minimum atomic E-state index is 0.292. The van der Waals surface area contributed by atoms with Crippen molar-refractivity contribution in [2.45, 2.75) is 64.4 Å². The maximum Gasteiger partial charge on any atom is 0.0916 e. The first-order chi connectivity index (χ1) is 7.58. The molecule has 1 heteroatoms. The van der Waals surface area contributed by atoms with Gasteiger partial charge in [-0.05, 0) is 68.1 Å². The Bertz CT molecular complexity index is 332. The van der Waals surface area contributed by atoms with Gasteiger partial charge in [-0.1, -0.05) is 13.3 Å². The lowest BCUT2D eigenvalue weighted by atomic mass is 9.55. The van der Waals surface area contributed by atoms with Gasteiger partial charge in [-0.15, -0.1) is 0 Å². The van der Waals surface area contributed by atoms with Crippen molar-refractivity contribution in [1.29, 1.82) is 0 Å². The minimum absolute atomic E-state index is 0.292. The van der Waals surface area contributed by atoms with Gasteiger partial charge in [0.1, 0.15) is 0 Å². The Labute approximate surface area is 98.9 Å². The topological polar surface area (TPSA) is 12.5 Å². The van der Waals surface area contributed by atoms with E-state index in [1.807, 2.05) is 0 Å². The lowest BCUT2D eigenvalue weighted by molar-refractivity contribution is -0.00516. The van der Waals surface area contributed by atoms with Gasteiger partial charge in [0, 0.05) is 0 Å². The molecule has 0 N–H and O–H groups in total. The first kappa shape index (κ1) is 9.94. The average Bonchev–Trinajstić information content (AvgIpc) is 3.12. The molecule has 90 valence electrons. The van der Waals surface area contributed by atoms with E-state index < -0.39 is 0 Å². The maximum absolute atomic E-state index is 5.71. The van der Waals surface area contributed by atoms with Crippen molar-refractivity contribution in [2.24, 2.45) is 22.7 Å².